The van der Waals surface area contributed by atoms with Gasteiger partial charge in [0.05, 0.1) is 25.5 Å². The van der Waals surface area contributed by atoms with Crippen molar-refractivity contribution in [2.75, 3.05) is 20.0 Å². The fourth-order valence-electron chi connectivity index (χ4n) is 1.48. The molecule has 6 nitrogen and oxygen atoms in total. The lowest BCUT2D eigenvalue weighted by Crippen LogP contribution is -2.18. The number of esters is 1. The summed E-state index contributed by atoms with van der Waals surface area (Å²) in [5, 5.41) is 8.90. The molecule has 0 aliphatic heterocycles. The number of nitrogens with zero attached hydrogens (tertiary/aromatic N) is 1. The van der Waals surface area contributed by atoms with Crippen molar-refractivity contribution in [2.45, 2.75) is 5.75 Å². The predicted octanol–water partition coefficient (Wildman–Crippen LogP) is 0.655. The summed E-state index contributed by atoms with van der Waals surface area (Å²) >= 11 is 0. The summed E-state index contributed by atoms with van der Waals surface area (Å²) in [7, 11) is -1.07. The van der Waals surface area contributed by atoms with E-state index < -0.39 is 21.6 Å². The summed E-state index contributed by atoms with van der Waals surface area (Å²) in [6, 6.07) is 6.39. The van der Waals surface area contributed by atoms with Gasteiger partial charge in [-0.2, -0.15) is 5.26 Å². The summed E-state index contributed by atoms with van der Waals surface area (Å²) in [5.41, 5.74) is 0.662. The monoisotopic (exact) mass is 283 g/mol. The van der Waals surface area contributed by atoms with Crippen LogP contribution in [0.3, 0.4) is 0 Å². The van der Waals surface area contributed by atoms with Crippen LogP contribution in [0.1, 0.15) is 11.1 Å². The number of carbonyl (C=O) groups excluding carboxylic acids is 1. The number of sulfone groups is 1. The molecule has 0 atom stereocenters. The number of methoxy groups -OCH3 is 2. The number of ether oxygens (including phenoxy) is 2. The fourth-order valence-corrected chi connectivity index (χ4v) is 2.74. The van der Waals surface area contributed by atoms with E-state index in [-0.39, 0.29) is 11.3 Å². The lowest BCUT2D eigenvalue weighted by atomic mass is 10.1. The van der Waals surface area contributed by atoms with Crippen LogP contribution >= 0.6 is 0 Å². The molecule has 1 rings (SSSR count). The van der Waals surface area contributed by atoms with E-state index in [4.69, 9.17) is 10.00 Å². The third kappa shape index (κ3) is 4.26. The van der Waals surface area contributed by atoms with Gasteiger partial charge in [0.15, 0.2) is 9.84 Å². The second kappa shape index (κ2) is 6.20. The van der Waals surface area contributed by atoms with E-state index >= 15 is 0 Å². The third-order valence-electron chi connectivity index (χ3n) is 2.34. The van der Waals surface area contributed by atoms with Crippen LogP contribution < -0.4 is 4.74 Å². The van der Waals surface area contributed by atoms with Crippen molar-refractivity contribution >= 4 is 15.8 Å². The first kappa shape index (κ1) is 15.0. The Morgan fingerprint density at radius 3 is 2.58 bits per heavy atom. The van der Waals surface area contributed by atoms with Crippen LogP contribution in [0.2, 0.25) is 0 Å². The number of hydrogen-bond donors (Lipinski definition) is 0. The summed E-state index contributed by atoms with van der Waals surface area (Å²) in [5.74, 6) is -1.45. The number of nitriles is 1. The molecule has 0 aromatic heterocycles. The van der Waals surface area contributed by atoms with Crippen molar-refractivity contribution in [2.24, 2.45) is 0 Å². The van der Waals surface area contributed by atoms with Crippen molar-refractivity contribution in [3.8, 4) is 11.8 Å². The van der Waals surface area contributed by atoms with Crippen LogP contribution in [0.15, 0.2) is 18.2 Å². The van der Waals surface area contributed by atoms with E-state index in [0.29, 0.717) is 11.3 Å². The van der Waals surface area contributed by atoms with Crippen LogP contribution in [0.5, 0.6) is 5.75 Å². The zero-order chi connectivity index (χ0) is 14.5. The van der Waals surface area contributed by atoms with E-state index in [0.717, 1.165) is 7.11 Å². The summed E-state index contributed by atoms with van der Waals surface area (Å²) in [4.78, 5) is 11.0. The lowest BCUT2D eigenvalue weighted by molar-refractivity contribution is -0.137. The van der Waals surface area contributed by atoms with Crippen LogP contribution in [-0.4, -0.2) is 34.4 Å². The molecule has 7 heteroatoms. The maximum atomic E-state index is 11.7. The first-order valence-corrected chi connectivity index (χ1v) is 7.08. The highest BCUT2D eigenvalue weighted by Gasteiger charge is 2.18. The van der Waals surface area contributed by atoms with Gasteiger partial charge < -0.3 is 9.47 Å². The summed E-state index contributed by atoms with van der Waals surface area (Å²) < 4.78 is 32.7. The molecule has 0 fully saturated rings. The average molecular weight is 283 g/mol. The number of carbonyl (C=O) groups is 1. The van der Waals surface area contributed by atoms with Crippen LogP contribution in [-0.2, 0) is 25.1 Å². The molecule has 102 valence electrons. The Morgan fingerprint density at radius 1 is 1.37 bits per heavy atom. The smallest absolute Gasteiger partial charge is 0.320 e. The first-order chi connectivity index (χ1) is 8.91. The van der Waals surface area contributed by atoms with Gasteiger partial charge in [-0.15, -0.1) is 0 Å². The van der Waals surface area contributed by atoms with Gasteiger partial charge in [0, 0.05) is 0 Å². The quantitative estimate of drug-likeness (QED) is 0.737. The molecule has 0 spiro atoms. The zero-order valence-electron chi connectivity index (χ0n) is 10.5. The van der Waals surface area contributed by atoms with E-state index in [1.54, 1.807) is 0 Å². The Morgan fingerprint density at radius 2 is 2.05 bits per heavy atom. The van der Waals surface area contributed by atoms with Crippen molar-refractivity contribution in [3.05, 3.63) is 29.3 Å². The molecule has 0 aliphatic rings. The SMILES string of the molecule is COC(=O)CS(=O)(=O)Cc1ccc(OC)c(C#N)c1. The molecule has 0 N–H and O–H groups in total. The fraction of sp³-hybridized carbons (Fsp3) is 0.333. The maximum Gasteiger partial charge on any atom is 0.320 e. The van der Waals surface area contributed by atoms with E-state index in [1.807, 2.05) is 6.07 Å². The molecular formula is C12H13NO5S. The van der Waals surface area contributed by atoms with Gasteiger partial charge in [-0.3, -0.25) is 4.79 Å². The van der Waals surface area contributed by atoms with E-state index in [1.165, 1.54) is 25.3 Å². The van der Waals surface area contributed by atoms with Gasteiger partial charge in [-0.1, -0.05) is 6.07 Å². The normalized spacial score (nSPS) is 10.6. The number of benzene rings is 1. The number of hydrogen-bond acceptors (Lipinski definition) is 6. The first-order valence-electron chi connectivity index (χ1n) is 5.26. The Balaban J connectivity index is 2.95. The molecular weight excluding hydrogens is 270 g/mol. The van der Waals surface area contributed by atoms with Crippen molar-refractivity contribution < 1.29 is 22.7 Å². The van der Waals surface area contributed by atoms with Crippen LogP contribution in [0, 0.1) is 11.3 Å². The highest BCUT2D eigenvalue weighted by Crippen LogP contribution is 2.20. The Bertz CT molecular complexity index is 615. The molecule has 19 heavy (non-hydrogen) atoms. The second-order valence-corrected chi connectivity index (χ2v) is 5.82. The summed E-state index contributed by atoms with van der Waals surface area (Å²) in [6.45, 7) is 0. The molecule has 0 bridgehead atoms. The van der Waals surface area contributed by atoms with Gasteiger partial charge in [0.1, 0.15) is 17.6 Å². The largest absolute Gasteiger partial charge is 0.495 e. The van der Waals surface area contributed by atoms with Crippen molar-refractivity contribution in [1.29, 1.82) is 5.26 Å². The average Bonchev–Trinajstić information content (AvgIpc) is 2.37. The maximum absolute atomic E-state index is 11.7. The minimum absolute atomic E-state index is 0.244. The van der Waals surface area contributed by atoms with Gasteiger partial charge in [0.25, 0.3) is 0 Å². The molecule has 0 saturated heterocycles. The molecule has 0 heterocycles. The van der Waals surface area contributed by atoms with Gasteiger partial charge >= 0.3 is 5.97 Å². The highest BCUT2D eigenvalue weighted by molar-refractivity contribution is 7.91. The minimum atomic E-state index is -3.62. The van der Waals surface area contributed by atoms with Gasteiger partial charge in [-0.25, -0.2) is 8.42 Å². The standard InChI is InChI=1S/C12H13NO5S/c1-17-11-4-3-9(5-10(11)6-13)7-19(15,16)8-12(14)18-2/h3-5H,7-8H2,1-2H3. The molecule has 0 amide bonds. The lowest BCUT2D eigenvalue weighted by Gasteiger charge is -2.06. The molecule has 0 radical (unpaired) electrons. The minimum Gasteiger partial charge on any atom is -0.495 e. The van der Waals surface area contributed by atoms with Gasteiger partial charge in [-0.05, 0) is 17.7 Å². The van der Waals surface area contributed by atoms with Crippen LogP contribution in [0.4, 0.5) is 0 Å². The predicted molar refractivity (Wildman–Crippen MR) is 67.2 cm³/mol. The Labute approximate surface area is 111 Å². The Kier molecular flexibility index (Phi) is 4.89. The summed E-state index contributed by atoms with van der Waals surface area (Å²) in [6.07, 6.45) is 0. The van der Waals surface area contributed by atoms with Crippen molar-refractivity contribution in [3.63, 3.8) is 0 Å². The van der Waals surface area contributed by atoms with Crippen molar-refractivity contribution in [1.82, 2.24) is 0 Å². The molecule has 1 aromatic rings. The zero-order valence-corrected chi connectivity index (χ0v) is 11.4. The van der Waals surface area contributed by atoms with Gasteiger partial charge in [0.2, 0.25) is 0 Å². The highest BCUT2D eigenvalue weighted by atomic mass is 32.2. The third-order valence-corrected chi connectivity index (χ3v) is 3.79. The topological polar surface area (TPSA) is 93.5 Å². The van der Waals surface area contributed by atoms with E-state index in [9.17, 15) is 13.2 Å². The number of rotatable bonds is 5. The second-order valence-electron chi connectivity index (χ2n) is 3.75. The molecule has 0 aliphatic carbocycles. The molecule has 0 unspecified atom stereocenters. The Hall–Kier alpha value is -2.07. The van der Waals surface area contributed by atoms with E-state index in [2.05, 4.69) is 4.74 Å². The molecule has 0 saturated carbocycles. The molecule has 1 aromatic carbocycles. The van der Waals surface area contributed by atoms with Crippen LogP contribution in [0.25, 0.3) is 0 Å².